The van der Waals surface area contributed by atoms with Crippen LogP contribution in [0, 0.1) is 5.92 Å². The first-order valence-electron chi connectivity index (χ1n) is 14.4. The number of aryl methyl sites for hydroxylation is 1. The molecule has 210 valence electrons. The molecule has 2 atom stereocenters. The summed E-state index contributed by atoms with van der Waals surface area (Å²) in [5, 5.41) is 5.21. The Morgan fingerprint density at radius 2 is 1.60 bits per heavy atom. The Labute approximate surface area is 237 Å². The molecule has 2 unspecified atom stereocenters. The summed E-state index contributed by atoms with van der Waals surface area (Å²) in [6.07, 6.45) is 5.84. The molecule has 0 aliphatic heterocycles. The van der Waals surface area contributed by atoms with Gasteiger partial charge in [-0.1, -0.05) is 43.3 Å². The minimum Gasteiger partial charge on any atom is -0.493 e. The maximum Gasteiger partial charge on any atom is 0.129 e. The van der Waals surface area contributed by atoms with Gasteiger partial charge in [0.25, 0.3) is 0 Å². The lowest BCUT2D eigenvalue weighted by atomic mass is 9.74. The average Bonchev–Trinajstić information content (AvgIpc) is 3.68. The van der Waals surface area contributed by atoms with Gasteiger partial charge in [-0.05, 0) is 103 Å². The fraction of sp³-hybridized carbons (Fsp3) is 0.371. The molecule has 5 heteroatoms. The van der Waals surface area contributed by atoms with E-state index in [1.807, 2.05) is 24.3 Å². The van der Waals surface area contributed by atoms with Gasteiger partial charge < -0.3 is 23.0 Å². The molecule has 5 aromatic rings. The Balaban J connectivity index is 0.000000207. The van der Waals surface area contributed by atoms with Crippen molar-refractivity contribution >= 4 is 21.5 Å². The maximum absolute atomic E-state index is 6.11. The van der Waals surface area contributed by atoms with Gasteiger partial charge in [-0.3, -0.25) is 0 Å². The second-order valence-corrected chi connectivity index (χ2v) is 10.7. The molecule has 40 heavy (non-hydrogen) atoms. The molecule has 0 saturated carbocycles. The molecule has 0 N–H and O–H groups in total. The monoisotopic (exact) mass is 540 g/mol. The van der Waals surface area contributed by atoms with Crippen LogP contribution in [0.4, 0.5) is 0 Å². The summed E-state index contributed by atoms with van der Waals surface area (Å²) in [4.78, 5) is 0. The van der Waals surface area contributed by atoms with E-state index in [0.717, 1.165) is 30.3 Å². The van der Waals surface area contributed by atoms with Crippen LogP contribution in [0.2, 0.25) is 0 Å². The normalized spacial score (nSPS) is 16.6. The third-order valence-electron chi connectivity index (χ3n) is 7.69. The van der Waals surface area contributed by atoms with Crippen LogP contribution in [-0.4, -0.2) is 19.3 Å². The number of benzene rings is 3. The molecule has 0 bridgehead atoms. The number of fused-ring (bicyclic) bond motifs is 5. The van der Waals surface area contributed by atoms with E-state index in [1.54, 1.807) is 12.5 Å². The summed E-state index contributed by atoms with van der Waals surface area (Å²) in [6, 6.07) is 23.0. The predicted molar refractivity (Wildman–Crippen MR) is 160 cm³/mol. The van der Waals surface area contributed by atoms with E-state index in [9.17, 15) is 0 Å². The number of hydrogen-bond acceptors (Lipinski definition) is 5. The van der Waals surface area contributed by atoms with Gasteiger partial charge in [0.15, 0.2) is 0 Å². The lowest BCUT2D eigenvalue weighted by Gasteiger charge is -2.33. The molecule has 5 nitrogen and oxygen atoms in total. The van der Waals surface area contributed by atoms with Crippen molar-refractivity contribution in [3.8, 4) is 5.75 Å². The topological polar surface area (TPSA) is 54.0 Å². The summed E-state index contributed by atoms with van der Waals surface area (Å²) in [5.41, 5.74) is 2.96. The fourth-order valence-corrected chi connectivity index (χ4v) is 5.64. The highest BCUT2D eigenvalue weighted by Gasteiger charge is 2.29. The second-order valence-electron chi connectivity index (χ2n) is 10.7. The Bertz CT molecular complexity index is 1450. The minimum atomic E-state index is 0.297. The van der Waals surface area contributed by atoms with Crippen molar-refractivity contribution in [3.63, 3.8) is 0 Å². The average molecular weight is 541 g/mol. The van der Waals surface area contributed by atoms with Gasteiger partial charge in [0.05, 0.1) is 31.8 Å². The van der Waals surface area contributed by atoms with Crippen molar-refractivity contribution in [1.29, 1.82) is 0 Å². The highest BCUT2D eigenvalue weighted by molar-refractivity contribution is 6.11. The molecule has 2 aromatic heterocycles. The highest BCUT2D eigenvalue weighted by atomic mass is 16.5. The summed E-state index contributed by atoms with van der Waals surface area (Å²) in [6.45, 7) is 11.2. The molecule has 3 aromatic carbocycles. The third kappa shape index (κ3) is 6.43. The van der Waals surface area contributed by atoms with Crippen LogP contribution in [0.1, 0.15) is 62.7 Å². The molecular formula is C35H40O5. The van der Waals surface area contributed by atoms with Crippen LogP contribution >= 0.6 is 0 Å². The quantitative estimate of drug-likeness (QED) is 0.175. The van der Waals surface area contributed by atoms with E-state index < -0.39 is 0 Å². The maximum atomic E-state index is 6.11. The molecule has 0 amide bonds. The molecule has 0 fully saturated rings. The first kappa shape index (κ1) is 28.0. The van der Waals surface area contributed by atoms with E-state index in [0.29, 0.717) is 37.8 Å². The first-order valence-corrected chi connectivity index (χ1v) is 14.4. The SMILES string of the molecule is CCOc1cc2ccccc2c2ccc3c(c12)CCC(COC(C)C)C3C.c1coc(COCc2ccco2)c1. The molecule has 0 saturated heterocycles. The molecule has 0 radical (unpaired) electrons. The zero-order chi connectivity index (χ0) is 27.9. The molecule has 0 spiro atoms. The summed E-state index contributed by atoms with van der Waals surface area (Å²) in [7, 11) is 0. The lowest BCUT2D eigenvalue weighted by Crippen LogP contribution is -2.24. The van der Waals surface area contributed by atoms with E-state index in [4.69, 9.17) is 23.0 Å². The van der Waals surface area contributed by atoms with Gasteiger partial charge in [0.2, 0.25) is 0 Å². The zero-order valence-electron chi connectivity index (χ0n) is 24.0. The van der Waals surface area contributed by atoms with Crippen molar-refractivity contribution in [1.82, 2.24) is 0 Å². The van der Waals surface area contributed by atoms with E-state index in [1.165, 1.54) is 39.1 Å². The number of rotatable bonds is 9. The second kappa shape index (κ2) is 13.2. The van der Waals surface area contributed by atoms with Crippen LogP contribution in [-0.2, 0) is 29.1 Å². The Morgan fingerprint density at radius 3 is 2.25 bits per heavy atom. The van der Waals surface area contributed by atoms with Crippen LogP contribution in [0.25, 0.3) is 21.5 Å². The van der Waals surface area contributed by atoms with Crippen molar-refractivity contribution in [3.05, 3.63) is 102 Å². The molecule has 6 rings (SSSR count). The van der Waals surface area contributed by atoms with Crippen LogP contribution in [0.15, 0.2) is 88.1 Å². The first-order chi connectivity index (χ1) is 19.5. The minimum absolute atomic E-state index is 0.297. The fourth-order valence-electron chi connectivity index (χ4n) is 5.64. The largest absolute Gasteiger partial charge is 0.493 e. The van der Waals surface area contributed by atoms with E-state index in [2.05, 4.69) is 70.2 Å². The molecular weight excluding hydrogens is 500 g/mol. The molecule has 1 aliphatic carbocycles. The van der Waals surface area contributed by atoms with Crippen molar-refractivity contribution in [2.75, 3.05) is 13.2 Å². The smallest absolute Gasteiger partial charge is 0.129 e. The van der Waals surface area contributed by atoms with Gasteiger partial charge in [0, 0.05) is 5.39 Å². The Kier molecular flexibility index (Phi) is 9.25. The van der Waals surface area contributed by atoms with Gasteiger partial charge in [0.1, 0.15) is 30.5 Å². The van der Waals surface area contributed by atoms with Crippen molar-refractivity contribution in [2.45, 2.75) is 65.8 Å². The third-order valence-corrected chi connectivity index (χ3v) is 7.69. The van der Waals surface area contributed by atoms with Crippen LogP contribution in [0.5, 0.6) is 5.75 Å². The van der Waals surface area contributed by atoms with Crippen LogP contribution < -0.4 is 4.74 Å². The van der Waals surface area contributed by atoms with E-state index in [-0.39, 0.29) is 0 Å². The van der Waals surface area contributed by atoms with Gasteiger partial charge in [-0.25, -0.2) is 0 Å². The van der Waals surface area contributed by atoms with Gasteiger partial charge >= 0.3 is 0 Å². The predicted octanol–water partition coefficient (Wildman–Crippen LogP) is 9.07. The van der Waals surface area contributed by atoms with Gasteiger partial charge in [-0.15, -0.1) is 0 Å². The van der Waals surface area contributed by atoms with E-state index >= 15 is 0 Å². The van der Waals surface area contributed by atoms with Crippen molar-refractivity contribution < 1.29 is 23.0 Å². The highest BCUT2D eigenvalue weighted by Crippen LogP contribution is 2.44. The number of ether oxygens (including phenoxy) is 3. The Morgan fingerprint density at radius 1 is 0.875 bits per heavy atom. The summed E-state index contributed by atoms with van der Waals surface area (Å²) in [5.74, 6) is 3.79. The summed E-state index contributed by atoms with van der Waals surface area (Å²) >= 11 is 0. The zero-order valence-corrected chi connectivity index (χ0v) is 24.0. The number of hydrogen-bond donors (Lipinski definition) is 0. The summed E-state index contributed by atoms with van der Waals surface area (Å²) < 4.78 is 27.6. The molecule has 1 aliphatic rings. The van der Waals surface area contributed by atoms with Gasteiger partial charge in [-0.2, -0.15) is 0 Å². The standard InChI is InChI=1S/C25H30O2.C10H10O3/c1-5-26-24-14-18-8-6-7-9-21(18)23-13-12-20-17(4)19(15-27-16(2)3)10-11-22(20)25(23)24;1-3-9(12-5-1)7-11-8-10-4-2-6-13-10/h6-9,12-14,16-17,19H,5,10-11,15H2,1-4H3;1-6H,7-8H2. The number of furan rings is 2. The molecule has 2 heterocycles. The van der Waals surface area contributed by atoms with Crippen molar-refractivity contribution in [2.24, 2.45) is 5.92 Å². The Hall–Kier alpha value is -3.54. The lowest BCUT2D eigenvalue weighted by molar-refractivity contribution is 0.0413. The van der Waals surface area contributed by atoms with Crippen LogP contribution in [0.3, 0.4) is 0 Å².